The lowest BCUT2D eigenvalue weighted by molar-refractivity contribution is 0.838. The van der Waals surface area contributed by atoms with E-state index in [1.807, 2.05) is 47.9 Å². The number of aryl methyl sites for hydroxylation is 1. The Bertz CT molecular complexity index is 746. The molecule has 0 spiro atoms. The van der Waals surface area contributed by atoms with Gasteiger partial charge in [0.05, 0.1) is 17.6 Å². The maximum absolute atomic E-state index is 6.16. The van der Waals surface area contributed by atoms with E-state index >= 15 is 0 Å². The Labute approximate surface area is 116 Å². The molecule has 2 N–H and O–H groups in total. The molecule has 96 valence electrons. The van der Waals surface area contributed by atoms with Crippen LogP contribution in [0.3, 0.4) is 0 Å². The number of benzene rings is 2. The molecule has 0 amide bonds. The monoisotopic (exact) mass is 271 g/mol. The van der Waals surface area contributed by atoms with Crippen molar-refractivity contribution < 1.29 is 0 Å². The minimum Gasteiger partial charge on any atom is -0.369 e. The molecule has 4 heteroatoms. The van der Waals surface area contributed by atoms with Crippen LogP contribution in [0.2, 0.25) is 5.02 Å². The molecule has 1 aromatic heterocycles. The van der Waals surface area contributed by atoms with Gasteiger partial charge in [-0.05, 0) is 36.2 Å². The minimum absolute atomic E-state index is 0.526. The molecule has 2 aromatic carbocycles. The summed E-state index contributed by atoms with van der Waals surface area (Å²) in [5.41, 5.74) is 10.1. The zero-order valence-electron chi connectivity index (χ0n) is 10.6. The van der Waals surface area contributed by atoms with Crippen LogP contribution in [0.4, 0.5) is 5.95 Å². The van der Waals surface area contributed by atoms with Gasteiger partial charge in [-0.2, -0.15) is 0 Å². The van der Waals surface area contributed by atoms with Crippen molar-refractivity contribution in [2.24, 2.45) is 0 Å². The van der Waals surface area contributed by atoms with Crippen LogP contribution >= 0.6 is 11.6 Å². The van der Waals surface area contributed by atoms with E-state index in [9.17, 15) is 0 Å². The second-order valence-corrected chi connectivity index (χ2v) is 5.04. The summed E-state index contributed by atoms with van der Waals surface area (Å²) >= 11 is 6.16. The summed E-state index contributed by atoms with van der Waals surface area (Å²) in [5, 5.41) is 0.778. The molecule has 0 aliphatic heterocycles. The maximum Gasteiger partial charge on any atom is 0.201 e. The standard InChI is InChI=1S/C15H14ClN3/c1-10-6-7-11(8-12(10)16)9-19-14-5-3-2-4-13(14)18-15(19)17/h2-8H,9H2,1H3,(H2,17,18). The third kappa shape index (κ3) is 2.17. The Kier molecular flexibility index (Phi) is 2.91. The van der Waals surface area contributed by atoms with Gasteiger partial charge < -0.3 is 10.3 Å². The Balaban J connectivity index is 2.05. The number of nitrogens with zero attached hydrogens (tertiary/aromatic N) is 2. The number of fused-ring (bicyclic) bond motifs is 1. The quantitative estimate of drug-likeness (QED) is 0.773. The van der Waals surface area contributed by atoms with Gasteiger partial charge in [0, 0.05) is 5.02 Å². The van der Waals surface area contributed by atoms with Gasteiger partial charge in [0.1, 0.15) is 0 Å². The van der Waals surface area contributed by atoms with E-state index in [0.29, 0.717) is 12.5 Å². The second-order valence-electron chi connectivity index (χ2n) is 4.63. The van der Waals surface area contributed by atoms with E-state index in [4.69, 9.17) is 17.3 Å². The van der Waals surface area contributed by atoms with Gasteiger partial charge in [-0.15, -0.1) is 0 Å². The predicted molar refractivity (Wildman–Crippen MR) is 79.4 cm³/mol. The second kappa shape index (κ2) is 4.59. The van der Waals surface area contributed by atoms with Crippen molar-refractivity contribution in [1.29, 1.82) is 0 Å². The van der Waals surface area contributed by atoms with Crippen molar-refractivity contribution in [2.75, 3.05) is 5.73 Å². The number of anilines is 1. The highest BCUT2D eigenvalue weighted by Gasteiger charge is 2.08. The van der Waals surface area contributed by atoms with Crippen molar-refractivity contribution in [2.45, 2.75) is 13.5 Å². The van der Waals surface area contributed by atoms with E-state index < -0.39 is 0 Å². The summed E-state index contributed by atoms with van der Waals surface area (Å²) < 4.78 is 2.00. The molecule has 3 aromatic rings. The number of rotatable bonds is 2. The number of aromatic nitrogens is 2. The Hall–Kier alpha value is -2.00. The SMILES string of the molecule is Cc1ccc(Cn2c(N)nc3ccccc32)cc1Cl. The fourth-order valence-corrected chi connectivity index (χ4v) is 2.38. The third-order valence-electron chi connectivity index (χ3n) is 3.26. The first-order valence-electron chi connectivity index (χ1n) is 6.11. The molecule has 19 heavy (non-hydrogen) atoms. The normalized spacial score (nSPS) is 11.1. The number of hydrogen-bond donors (Lipinski definition) is 1. The highest BCUT2D eigenvalue weighted by Crippen LogP contribution is 2.21. The molecule has 1 heterocycles. The zero-order valence-corrected chi connectivity index (χ0v) is 11.4. The van der Waals surface area contributed by atoms with Crippen LogP contribution < -0.4 is 5.73 Å². The molecule has 0 bridgehead atoms. The first-order chi connectivity index (χ1) is 9.15. The zero-order chi connectivity index (χ0) is 13.4. The first-order valence-corrected chi connectivity index (χ1v) is 6.49. The molecular weight excluding hydrogens is 258 g/mol. The molecule has 0 saturated carbocycles. The summed E-state index contributed by atoms with van der Waals surface area (Å²) in [6.07, 6.45) is 0. The molecule has 3 nitrogen and oxygen atoms in total. The third-order valence-corrected chi connectivity index (χ3v) is 3.67. The fourth-order valence-electron chi connectivity index (χ4n) is 2.18. The lowest BCUT2D eigenvalue weighted by Crippen LogP contribution is -2.04. The van der Waals surface area contributed by atoms with Gasteiger partial charge in [0.15, 0.2) is 0 Å². The fraction of sp³-hybridized carbons (Fsp3) is 0.133. The average Bonchev–Trinajstić information content (AvgIpc) is 2.71. The van der Waals surface area contributed by atoms with Gasteiger partial charge in [0.2, 0.25) is 5.95 Å². The first kappa shape index (κ1) is 12.1. The predicted octanol–water partition coefficient (Wildman–Crippen LogP) is 3.63. The molecule has 3 rings (SSSR count). The summed E-state index contributed by atoms with van der Waals surface area (Å²) in [5.74, 6) is 0.526. The lowest BCUT2D eigenvalue weighted by Gasteiger charge is -2.08. The molecular formula is C15H14ClN3. The minimum atomic E-state index is 0.526. The van der Waals surface area contributed by atoms with E-state index in [1.165, 1.54) is 0 Å². The van der Waals surface area contributed by atoms with Crippen LogP contribution in [0.5, 0.6) is 0 Å². The summed E-state index contributed by atoms with van der Waals surface area (Å²) in [6, 6.07) is 14.0. The number of nitrogens with two attached hydrogens (primary N) is 1. The van der Waals surface area contributed by atoms with Crippen LogP contribution in [0.15, 0.2) is 42.5 Å². The number of para-hydroxylation sites is 2. The summed E-state index contributed by atoms with van der Waals surface area (Å²) in [6.45, 7) is 2.67. The van der Waals surface area contributed by atoms with E-state index in [0.717, 1.165) is 27.2 Å². The number of halogens is 1. The maximum atomic E-state index is 6.16. The van der Waals surface area contributed by atoms with Crippen LogP contribution in [0.25, 0.3) is 11.0 Å². The molecule has 0 aliphatic carbocycles. The van der Waals surface area contributed by atoms with Gasteiger partial charge in [-0.3, -0.25) is 0 Å². The number of nitrogen functional groups attached to an aromatic ring is 1. The van der Waals surface area contributed by atoms with E-state index in [-0.39, 0.29) is 0 Å². The molecule has 0 atom stereocenters. The van der Waals surface area contributed by atoms with Gasteiger partial charge in [0.25, 0.3) is 0 Å². The smallest absolute Gasteiger partial charge is 0.201 e. The van der Waals surface area contributed by atoms with Crippen molar-refractivity contribution >= 4 is 28.6 Å². The van der Waals surface area contributed by atoms with Crippen molar-refractivity contribution in [3.05, 3.63) is 58.6 Å². The summed E-state index contributed by atoms with van der Waals surface area (Å²) in [4.78, 5) is 4.36. The number of imidazole rings is 1. The van der Waals surface area contributed by atoms with E-state index in [1.54, 1.807) is 0 Å². The molecule has 0 fully saturated rings. The van der Waals surface area contributed by atoms with Gasteiger partial charge in [-0.25, -0.2) is 4.98 Å². The highest BCUT2D eigenvalue weighted by atomic mass is 35.5. The molecule has 0 saturated heterocycles. The molecule has 0 radical (unpaired) electrons. The van der Waals surface area contributed by atoms with Crippen LogP contribution in [0, 0.1) is 6.92 Å². The van der Waals surface area contributed by atoms with Gasteiger partial charge >= 0.3 is 0 Å². The van der Waals surface area contributed by atoms with Crippen LogP contribution in [0.1, 0.15) is 11.1 Å². The molecule has 0 aliphatic rings. The van der Waals surface area contributed by atoms with Crippen LogP contribution in [-0.2, 0) is 6.54 Å². The Morgan fingerprint density at radius 1 is 1.21 bits per heavy atom. The van der Waals surface area contributed by atoms with Crippen LogP contribution in [-0.4, -0.2) is 9.55 Å². The van der Waals surface area contributed by atoms with Crippen molar-refractivity contribution in [3.63, 3.8) is 0 Å². The highest BCUT2D eigenvalue weighted by molar-refractivity contribution is 6.31. The topological polar surface area (TPSA) is 43.8 Å². The summed E-state index contributed by atoms with van der Waals surface area (Å²) in [7, 11) is 0. The Morgan fingerprint density at radius 3 is 2.79 bits per heavy atom. The Morgan fingerprint density at radius 2 is 2.00 bits per heavy atom. The lowest BCUT2D eigenvalue weighted by atomic mass is 10.1. The molecule has 0 unspecified atom stereocenters. The number of hydrogen-bond acceptors (Lipinski definition) is 2. The van der Waals surface area contributed by atoms with Crippen molar-refractivity contribution in [1.82, 2.24) is 9.55 Å². The largest absolute Gasteiger partial charge is 0.369 e. The van der Waals surface area contributed by atoms with Crippen molar-refractivity contribution in [3.8, 4) is 0 Å². The van der Waals surface area contributed by atoms with E-state index in [2.05, 4.69) is 11.1 Å². The van der Waals surface area contributed by atoms with Gasteiger partial charge in [-0.1, -0.05) is 35.9 Å². The average molecular weight is 272 g/mol.